The number of halogens is 8. The maximum Gasteiger partial charge on any atom is 0.494 e. The van der Waals surface area contributed by atoms with Crippen LogP contribution in [0.1, 0.15) is 177 Å². The van der Waals surface area contributed by atoms with E-state index in [4.69, 9.17) is 33.0 Å². The van der Waals surface area contributed by atoms with Crippen molar-refractivity contribution in [2.45, 2.75) is 192 Å². The van der Waals surface area contributed by atoms with Crippen molar-refractivity contribution in [2.75, 3.05) is 10.6 Å². The first-order valence-electron chi connectivity index (χ1n) is 40.3. The SMILES string of the molecule is C.C.C#CC#CC#CC#CC#CC#CC#CC#CC#CC#CC#CC#CC#CC#CC#C.CC1(C)OB(c2ccc3nc(NC(=O)C4CC4)sc3c2)OC1(C)C.NC1CCC(F)(F)CC1.O=C(NC1CCC(F)(F)CC1)c1nsc2ncc(-c3ccc4nc(NC(=O)C5CC5)sc4c3)cc12.O=C(NC1CCC(F)(F)CC1)c1nsc2ncc(Br)cc12.O=C(O)c1nsc2ncc(Br)cc12. The first-order valence-corrected chi connectivity index (χ1v) is 45.8. The number of aromatic nitrogens is 8. The number of nitrogens with zero attached hydrogens (tertiary/aromatic N) is 8. The molecule has 134 heavy (non-hydrogen) atoms. The molecule has 16 rings (SSSR count). The summed E-state index contributed by atoms with van der Waals surface area (Å²) in [7, 11) is -0.383. The van der Waals surface area contributed by atoms with Gasteiger partial charge in [-0.2, -0.15) is 13.1 Å². The van der Waals surface area contributed by atoms with Gasteiger partial charge in [0, 0.05) is 189 Å². The second-order valence-corrected chi connectivity index (χ2v) is 36.6. The Morgan fingerprint density at radius 2 is 0.776 bits per heavy atom. The van der Waals surface area contributed by atoms with E-state index in [1.807, 2.05) is 70.2 Å². The quantitative estimate of drug-likeness (QED) is 0.0398. The Bertz CT molecular complexity index is 7000. The molecule has 0 spiro atoms. The summed E-state index contributed by atoms with van der Waals surface area (Å²) in [6, 6.07) is 16.7. The Balaban J connectivity index is 0.000000187. The molecule has 7 N–H and O–H groups in total. The number of rotatable bonds is 11. The van der Waals surface area contributed by atoms with Gasteiger partial charge in [0.2, 0.25) is 29.6 Å². The second kappa shape index (κ2) is 49.3. The number of carboxylic acids is 1. The topological polar surface area (TPSA) is 301 Å². The molecule has 10 aromatic rings. The molecule has 21 nitrogen and oxygen atoms in total. The Kier molecular flexibility index (Phi) is 38.4. The highest BCUT2D eigenvalue weighted by molar-refractivity contribution is 9.10. The number of fused-ring (bicyclic) bond motifs is 5. The van der Waals surface area contributed by atoms with E-state index in [0.29, 0.717) is 72.3 Å². The molecular weight excluding hydrogens is 1940 g/mol. The fraction of sp³-hybridized carbons (Fsp3) is 0.323. The van der Waals surface area contributed by atoms with Crippen LogP contribution in [0.15, 0.2) is 82.1 Å². The van der Waals surface area contributed by atoms with Crippen molar-refractivity contribution in [3.05, 3.63) is 99.2 Å². The highest BCUT2D eigenvalue weighted by atomic mass is 79.9. The molecule has 1 saturated heterocycles. The van der Waals surface area contributed by atoms with Crippen LogP contribution in [0.3, 0.4) is 0 Å². The lowest BCUT2D eigenvalue weighted by molar-refractivity contribution is -0.118. The molecule has 35 heteroatoms. The van der Waals surface area contributed by atoms with E-state index in [0.717, 1.165) is 106 Å². The van der Waals surface area contributed by atoms with Crippen molar-refractivity contribution in [2.24, 2.45) is 17.6 Å². The predicted molar refractivity (Wildman–Crippen MR) is 524 cm³/mol. The van der Waals surface area contributed by atoms with Crippen molar-refractivity contribution in [1.29, 1.82) is 0 Å². The number of hydrogen-bond acceptors (Lipinski definition) is 21. The maximum atomic E-state index is 13.4. The maximum absolute atomic E-state index is 13.4. The summed E-state index contributed by atoms with van der Waals surface area (Å²) in [5.74, 6) is 59.2. The summed E-state index contributed by atoms with van der Waals surface area (Å²) in [6.45, 7) is 8.18. The first-order chi connectivity index (χ1) is 63.2. The van der Waals surface area contributed by atoms with Crippen molar-refractivity contribution in [3.8, 4) is 190 Å². The minimum absolute atomic E-state index is 0. The molecule has 0 bridgehead atoms. The summed E-state index contributed by atoms with van der Waals surface area (Å²) in [6.07, 6.45) is 19.9. The van der Waals surface area contributed by atoms with Crippen LogP contribution in [0.25, 0.3) is 62.2 Å². The molecule has 9 heterocycles. The van der Waals surface area contributed by atoms with Gasteiger partial charge in [0.1, 0.15) is 14.5 Å². The number of anilines is 2. The molecule has 8 aromatic heterocycles. The van der Waals surface area contributed by atoms with Gasteiger partial charge in [0.15, 0.2) is 27.3 Å². The summed E-state index contributed by atoms with van der Waals surface area (Å²) in [5.41, 5.74) is 9.73. The number of carboxylic acid groups (broad SMARTS) is 1. The van der Waals surface area contributed by atoms with Crippen LogP contribution in [0.5, 0.6) is 0 Å². The molecule has 6 aliphatic rings. The zero-order valence-electron chi connectivity index (χ0n) is 70.4. The van der Waals surface area contributed by atoms with Gasteiger partial charge in [-0.3, -0.25) is 19.2 Å². The summed E-state index contributed by atoms with van der Waals surface area (Å²) in [5, 5.41) is 23.4. The number of carbonyl (C=O) groups is 5. The van der Waals surface area contributed by atoms with Crippen LogP contribution in [0, 0.1) is 190 Å². The molecule has 676 valence electrons. The largest absolute Gasteiger partial charge is 0.494 e. The minimum Gasteiger partial charge on any atom is -0.476 e. The molecule has 5 saturated carbocycles. The molecule has 4 amide bonds. The number of terminal acetylenes is 2. The Morgan fingerprint density at radius 1 is 0.448 bits per heavy atom. The van der Waals surface area contributed by atoms with Crippen LogP contribution in [0.2, 0.25) is 0 Å². The Morgan fingerprint density at radius 3 is 1.13 bits per heavy atom. The smallest absolute Gasteiger partial charge is 0.476 e. The number of benzene rings is 2. The van der Waals surface area contributed by atoms with Crippen LogP contribution < -0.4 is 32.5 Å². The number of amides is 4. The standard InChI is InChI=1S/C30H2.C24H21F2N5O2S2.C17H21BN2O3S.C13H12BrF2N3OS.C7H3BrN2O2S.C6H11F2N.2CH4/c1-3-5-7-9-11-13-15-17-19-21-23-25-27-29-30-28-26-24-22-20-18-16-14-12-10-8-6-4-2;25-24(26)7-5-15(6-8-24)28-21(33)19-16-9-14(11-27-22(16)35-31-19)13-3-4-17-18(10-13)34-23(29-17)30-20(32)12-1-2-12;1-16(2)17(3,4)23-18(22-16)11-7-8-12-13(9-11)24-15(19-12)20-14(21)10-5-6-10;14-7-5-9-10(19-21-12(9)17-6-7)11(20)18-8-1-3-13(15,16)4-2-8;8-3-1-4-5(7(11)12)10-13-6(4)9-2-3;7-6(8)3-1-5(9)2-4-6;;/h1-2H;3-4,9-12,15H,1-2,5-8H2,(H,28,33)(H,29,30,32);7-10H,5-6H2,1-4H3,(H,19,20,21);5-6,8H,1-4H2,(H,18,20);1-2H,(H,11,12);5H,1-4,9H2;2*1H4. The Labute approximate surface area is 809 Å². The number of nitrogens with two attached hydrogens (primary N) is 1. The average molecular weight is 2020 g/mol. The zero-order valence-corrected chi connectivity index (χ0v) is 77.6. The van der Waals surface area contributed by atoms with Gasteiger partial charge in [-0.25, -0.2) is 56.1 Å². The molecular formula is C99H78BBr2F6N13O8S5. The molecule has 6 fully saturated rings. The van der Waals surface area contributed by atoms with Crippen LogP contribution in [-0.2, 0) is 18.9 Å². The number of nitrogens with one attached hydrogen (secondary N) is 4. The normalized spacial score (nSPS) is 15.4. The van der Waals surface area contributed by atoms with Crippen molar-refractivity contribution in [1.82, 2.24) is 48.7 Å². The van der Waals surface area contributed by atoms with Gasteiger partial charge in [0.25, 0.3) is 11.8 Å². The molecule has 0 unspecified atom stereocenters. The number of pyridine rings is 3. The minimum atomic E-state index is -2.64. The molecule has 2 aromatic carbocycles. The van der Waals surface area contributed by atoms with E-state index in [-0.39, 0.29) is 150 Å². The fourth-order valence-corrected chi connectivity index (χ4v) is 16.9. The number of carbonyl (C=O) groups excluding carboxylic acids is 4. The Hall–Kier alpha value is -13.4. The number of hydrogen-bond donors (Lipinski definition) is 6. The van der Waals surface area contributed by atoms with E-state index < -0.39 is 23.7 Å². The van der Waals surface area contributed by atoms with E-state index in [2.05, 4.69) is 257 Å². The lowest BCUT2D eigenvalue weighted by Crippen LogP contribution is -2.41. The zero-order chi connectivity index (χ0) is 94.4. The lowest BCUT2D eigenvalue weighted by atomic mass is 9.79. The summed E-state index contributed by atoms with van der Waals surface area (Å²) in [4.78, 5) is 83.4. The van der Waals surface area contributed by atoms with Gasteiger partial charge in [-0.1, -0.05) is 49.7 Å². The van der Waals surface area contributed by atoms with E-state index in [1.54, 1.807) is 30.7 Å². The highest BCUT2D eigenvalue weighted by Crippen LogP contribution is 2.41. The molecule has 5 aliphatic carbocycles. The van der Waals surface area contributed by atoms with Crippen LogP contribution in [0.4, 0.5) is 36.6 Å². The highest BCUT2D eigenvalue weighted by Gasteiger charge is 2.52. The third-order valence-corrected chi connectivity index (χ3v) is 25.2. The average Bonchev–Trinajstić information content (AvgIpc) is 1.61. The van der Waals surface area contributed by atoms with E-state index >= 15 is 0 Å². The lowest BCUT2D eigenvalue weighted by Gasteiger charge is -2.32. The number of thiazole rings is 2. The number of alkyl halides is 6. The summed E-state index contributed by atoms with van der Waals surface area (Å²) < 4.78 is 106. The van der Waals surface area contributed by atoms with E-state index in [1.165, 1.54) is 22.7 Å². The van der Waals surface area contributed by atoms with Crippen molar-refractivity contribution < 1.29 is 64.7 Å². The molecule has 1 aliphatic heterocycles. The van der Waals surface area contributed by atoms with E-state index in [9.17, 15) is 50.3 Å². The van der Waals surface area contributed by atoms with Gasteiger partial charge in [0.05, 0.1) is 31.6 Å². The van der Waals surface area contributed by atoms with Gasteiger partial charge in [-0.15, -0.1) is 12.8 Å². The van der Waals surface area contributed by atoms with Gasteiger partial charge >= 0.3 is 13.1 Å². The fourth-order valence-electron chi connectivity index (χ4n) is 12.2. The van der Waals surface area contributed by atoms with Gasteiger partial charge in [-0.05, 0) is 307 Å². The van der Waals surface area contributed by atoms with Crippen molar-refractivity contribution >= 4 is 193 Å². The molecule has 0 radical (unpaired) electrons. The summed E-state index contributed by atoms with van der Waals surface area (Å²) >= 11 is 12.8. The monoisotopic (exact) mass is 2020 g/mol. The second-order valence-electron chi connectivity index (χ2n) is 30.5. The van der Waals surface area contributed by atoms with Crippen molar-refractivity contribution in [3.63, 3.8) is 0 Å². The van der Waals surface area contributed by atoms with Gasteiger partial charge < -0.3 is 41.4 Å². The van der Waals surface area contributed by atoms with Crippen LogP contribution >= 0.6 is 89.1 Å². The predicted octanol–water partition coefficient (Wildman–Crippen LogP) is 17.6. The third kappa shape index (κ3) is 31.9. The third-order valence-electron chi connectivity index (χ3n) is 20.1. The molecule has 0 atom stereocenters. The first kappa shape index (κ1) is 104. The van der Waals surface area contributed by atoms with Crippen LogP contribution in [-0.4, -0.2) is 127 Å². The number of aromatic carboxylic acids is 1.